The molecule has 2 aliphatic heterocycles. The molecule has 0 spiro atoms. The molecular formula is C16H25N5O2S2. The summed E-state index contributed by atoms with van der Waals surface area (Å²) in [7, 11) is 0. The standard InChI is InChI=1S/C16H25N5O2S2/c1-9(2)7-13-20-21-16(25-13)18-12(22)6-4-3-5-11-14-10(8-24-11)17-15(23)19-14/h9-11,14H,3-8H2,1-2H3,(H2,17,19,23)(H,18,21,22)/t10-,11-,14-/m0/s1. The van der Waals surface area contributed by atoms with Crippen LogP contribution in [0.5, 0.6) is 0 Å². The summed E-state index contributed by atoms with van der Waals surface area (Å²) in [6.45, 7) is 4.27. The smallest absolute Gasteiger partial charge is 0.315 e. The number of urea groups is 1. The number of aromatic nitrogens is 2. The quantitative estimate of drug-likeness (QED) is 0.473. The first-order valence-corrected chi connectivity index (χ1v) is 10.7. The molecule has 0 bridgehead atoms. The van der Waals surface area contributed by atoms with Gasteiger partial charge in [0, 0.05) is 23.8 Å². The van der Waals surface area contributed by atoms with E-state index in [4.69, 9.17) is 0 Å². The zero-order chi connectivity index (χ0) is 17.8. The van der Waals surface area contributed by atoms with E-state index in [0.717, 1.165) is 36.4 Å². The number of nitrogens with zero attached hydrogens (tertiary/aromatic N) is 2. The molecule has 3 amide bonds. The average molecular weight is 384 g/mol. The van der Waals surface area contributed by atoms with Gasteiger partial charge in [0.1, 0.15) is 5.01 Å². The Kier molecular flexibility index (Phi) is 6.16. The second-order valence-electron chi connectivity index (χ2n) is 7.01. The van der Waals surface area contributed by atoms with Gasteiger partial charge in [-0.2, -0.15) is 11.8 Å². The molecule has 0 aromatic carbocycles. The summed E-state index contributed by atoms with van der Waals surface area (Å²) < 4.78 is 0. The van der Waals surface area contributed by atoms with Gasteiger partial charge in [-0.1, -0.05) is 31.6 Å². The molecule has 0 radical (unpaired) electrons. The maximum Gasteiger partial charge on any atom is 0.315 e. The Morgan fingerprint density at radius 2 is 2.16 bits per heavy atom. The van der Waals surface area contributed by atoms with Gasteiger partial charge < -0.3 is 16.0 Å². The molecule has 2 fully saturated rings. The summed E-state index contributed by atoms with van der Waals surface area (Å²) in [6, 6.07) is 0.462. The number of amides is 3. The van der Waals surface area contributed by atoms with Gasteiger partial charge in [0.15, 0.2) is 0 Å². The number of unbranched alkanes of at least 4 members (excludes halogenated alkanes) is 1. The monoisotopic (exact) mass is 383 g/mol. The zero-order valence-electron chi connectivity index (χ0n) is 14.6. The molecule has 3 N–H and O–H groups in total. The Bertz CT molecular complexity index is 621. The Morgan fingerprint density at radius 3 is 2.96 bits per heavy atom. The molecule has 3 rings (SSSR count). The van der Waals surface area contributed by atoms with E-state index >= 15 is 0 Å². The number of hydrogen-bond donors (Lipinski definition) is 3. The first kappa shape index (κ1) is 18.4. The van der Waals surface area contributed by atoms with Crippen molar-refractivity contribution in [1.29, 1.82) is 0 Å². The summed E-state index contributed by atoms with van der Waals surface area (Å²) in [6.07, 6.45) is 4.24. The van der Waals surface area contributed by atoms with Crippen LogP contribution >= 0.6 is 23.1 Å². The Labute approximate surface area is 156 Å². The number of anilines is 1. The van der Waals surface area contributed by atoms with Crippen LogP contribution in [0, 0.1) is 5.92 Å². The van der Waals surface area contributed by atoms with Crippen molar-refractivity contribution in [2.24, 2.45) is 5.92 Å². The van der Waals surface area contributed by atoms with Crippen molar-refractivity contribution >= 4 is 40.2 Å². The molecule has 2 aliphatic rings. The molecule has 3 heterocycles. The molecule has 0 saturated carbocycles. The molecule has 1 aromatic rings. The predicted octanol–water partition coefficient (Wildman–Crippen LogP) is 2.40. The van der Waals surface area contributed by atoms with Crippen molar-refractivity contribution in [2.45, 2.75) is 63.3 Å². The number of thioether (sulfide) groups is 1. The fraction of sp³-hybridized carbons (Fsp3) is 0.750. The van der Waals surface area contributed by atoms with Crippen LogP contribution in [0.3, 0.4) is 0 Å². The lowest BCUT2D eigenvalue weighted by atomic mass is 10.0. The van der Waals surface area contributed by atoms with Gasteiger partial charge in [0.05, 0.1) is 12.1 Å². The molecule has 2 saturated heterocycles. The molecule has 7 nitrogen and oxygen atoms in total. The number of nitrogens with one attached hydrogen (secondary N) is 3. The molecule has 138 valence electrons. The third kappa shape index (κ3) is 5.07. The second-order valence-corrected chi connectivity index (χ2v) is 9.35. The lowest BCUT2D eigenvalue weighted by Crippen LogP contribution is -2.36. The molecule has 9 heteroatoms. The van der Waals surface area contributed by atoms with Crippen molar-refractivity contribution in [3.63, 3.8) is 0 Å². The number of rotatable bonds is 8. The van der Waals surface area contributed by atoms with E-state index < -0.39 is 0 Å². The minimum absolute atomic E-state index is 0.0000318. The molecule has 1 aromatic heterocycles. The van der Waals surface area contributed by atoms with Crippen molar-refractivity contribution in [1.82, 2.24) is 20.8 Å². The minimum Gasteiger partial charge on any atom is -0.332 e. The zero-order valence-corrected chi connectivity index (χ0v) is 16.2. The van der Waals surface area contributed by atoms with Gasteiger partial charge in [0.2, 0.25) is 11.0 Å². The molecule has 3 atom stereocenters. The van der Waals surface area contributed by atoms with Crippen LogP contribution in [0.15, 0.2) is 0 Å². The second kappa shape index (κ2) is 8.35. The summed E-state index contributed by atoms with van der Waals surface area (Å²) in [4.78, 5) is 23.4. The van der Waals surface area contributed by atoms with Gasteiger partial charge in [0.25, 0.3) is 0 Å². The van der Waals surface area contributed by atoms with E-state index in [9.17, 15) is 9.59 Å². The van der Waals surface area contributed by atoms with E-state index in [1.807, 2.05) is 11.8 Å². The maximum atomic E-state index is 12.0. The predicted molar refractivity (Wildman–Crippen MR) is 101 cm³/mol. The van der Waals surface area contributed by atoms with E-state index in [1.54, 1.807) is 0 Å². The van der Waals surface area contributed by atoms with Gasteiger partial charge in [-0.3, -0.25) is 4.79 Å². The lowest BCUT2D eigenvalue weighted by Gasteiger charge is -2.16. The van der Waals surface area contributed by atoms with Crippen LogP contribution in [0.2, 0.25) is 0 Å². The van der Waals surface area contributed by atoms with Gasteiger partial charge in [-0.15, -0.1) is 10.2 Å². The van der Waals surface area contributed by atoms with Crippen LogP contribution in [-0.2, 0) is 11.2 Å². The molecule has 0 unspecified atom stereocenters. The largest absolute Gasteiger partial charge is 0.332 e. The Morgan fingerprint density at radius 1 is 1.32 bits per heavy atom. The average Bonchev–Trinajstić information content (AvgIpc) is 3.20. The molecular weight excluding hydrogens is 358 g/mol. The Balaban J connectivity index is 1.33. The highest BCUT2D eigenvalue weighted by molar-refractivity contribution is 8.00. The van der Waals surface area contributed by atoms with Crippen LogP contribution in [0.1, 0.15) is 44.5 Å². The normalized spacial score (nSPS) is 24.9. The summed E-state index contributed by atoms with van der Waals surface area (Å²) in [5.74, 6) is 1.51. The fourth-order valence-corrected chi connectivity index (χ4v) is 5.70. The summed E-state index contributed by atoms with van der Waals surface area (Å²) in [5, 5.41) is 18.9. The number of hydrogen-bond acceptors (Lipinski definition) is 6. The Hall–Kier alpha value is -1.35. The summed E-state index contributed by atoms with van der Waals surface area (Å²) in [5.41, 5.74) is 0. The highest BCUT2D eigenvalue weighted by atomic mass is 32.2. The fourth-order valence-electron chi connectivity index (χ4n) is 3.19. The van der Waals surface area contributed by atoms with Crippen molar-refractivity contribution in [2.75, 3.05) is 11.1 Å². The van der Waals surface area contributed by atoms with Crippen LogP contribution in [0.25, 0.3) is 0 Å². The first-order valence-electron chi connectivity index (χ1n) is 8.82. The van der Waals surface area contributed by atoms with E-state index in [2.05, 4.69) is 40.0 Å². The third-order valence-electron chi connectivity index (χ3n) is 4.38. The number of carbonyl (C=O) groups excluding carboxylic acids is 2. The third-order valence-corrected chi connectivity index (χ3v) is 6.75. The van der Waals surface area contributed by atoms with Crippen molar-refractivity contribution in [3.05, 3.63) is 5.01 Å². The molecule has 25 heavy (non-hydrogen) atoms. The lowest BCUT2D eigenvalue weighted by molar-refractivity contribution is -0.116. The highest BCUT2D eigenvalue weighted by Gasteiger charge is 2.42. The number of fused-ring (bicyclic) bond motifs is 1. The van der Waals surface area contributed by atoms with Crippen molar-refractivity contribution in [3.8, 4) is 0 Å². The van der Waals surface area contributed by atoms with Crippen LogP contribution < -0.4 is 16.0 Å². The topological polar surface area (TPSA) is 96.0 Å². The van der Waals surface area contributed by atoms with E-state index in [-0.39, 0.29) is 24.0 Å². The minimum atomic E-state index is -0.0476. The van der Waals surface area contributed by atoms with Gasteiger partial charge in [-0.05, 0) is 18.8 Å². The SMILES string of the molecule is CC(C)Cc1nnc(NC(=O)CCCC[C@@H]2SC[C@@H]3NC(=O)N[C@@H]32)s1. The maximum absolute atomic E-state index is 12.0. The van der Waals surface area contributed by atoms with Crippen LogP contribution in [0.4, 0.5) is 9.93 Å². The van der Waals surface area contributed by atoms with Gasteiger partial charge in [-0.25, -0.2) is 4.79 Å². The highest BCUT2D eigenvalue weighted by Crippen LogP contribution is 2.33. The van der Waals surface area contributed by atoms with Crippen molar-refractivity contribution < 1.29 is 9.59 Å². The first-order chi connectivity index (χ1) is 12.0. The van der Waals surface area contributed by atoms with Crippen LogP contribution in [-0.4, -0.2) is 45.2 Å². The summed E-state index contributed by atoms with van der Waals surface area (Å²) >= 11 is 3.37. The number of carbonyl (C=O) groups is 2. The van der Waals surface area contributed by atoms with E-state index in [1.165, 1.54) is 11.3 Å². The molecule has 0 aliphatic carbocycles. The van der Waals surface area contributed by atoms with E-state index in [0.29, 0.717) is 22.7 Å². The van der Waals surface area contributed by atoms with Gasteiger partial charge >= 0.3 is 6.03 Å².